The number of halogens is 1. The second kappa shape index (κ2) is 5.60. The summed E-state index contributed by atoms with van der Waals surface area (Å²) in [6.45, 7) is 0. The lowest BCUT2D eigenvalue weighted by Gasteiger charge is -2.19. The summed E-state index contributed by atoms with van der Waals surface area (Å²) >= 11 is 8.90. The van der Waals surface area contributed by atoms with Crippen molar-refractivity contribution in [2.45, 2.75) is 17.6 Å². The van der Waals surface area contributed by atoms with Crippen molar-refractivity contribution in [1.82, 2.24) is 19.5 Å². The summed E-state index contributed by atoms with van der Waals surface area (Å²) in [6, 6.07) is 3.84. The minimum atomic E-state index is -0.925. The van der Waals surface area contributed by atoms with Gasteiger partial charge in [-0.3, -0.25) is 4.57 Å². The van der Waals surface area contributed by atoms with Crippen molar-refractivity contribution < 1.29 is 10.2 Å². The van der Waals surface area contributed by atoms with Crippen LogP contribution in [0.25, 0.3) is 21.9 Å². The third kappa shape index (κ3) is 2.39. The van der Waals surface area contributed by atoms with Crippen LogP contribution >= 0.6 is 34.7 Å². The van der Waals surface area contributed by atoms with Gasteiger partial charge in [-0.1, -0.05) is 6.07 Å². The van der Waals surface area contributed by atoms with Crippen LogP contribution in [0.5, 0.6) is 0 Å². The topological polar surface area (TPSA) is 110 Å². The van der Waals surface area contributed by atoms with E-state index < -0.39 is 17.6 Å². The van der Waals surface area contributed by atoms with Crippen molar-refractivity contribution in [2.24, 2.45) is 0 Å². The summed E-state index contributed by atoms with van der Waals surface area (Å²) in [4.78, 5) is 13.7. The highest BCUT2D eigenvalue weighted by atomic mass is 35.5. The number of nitrogens with two attached hydrogens (primary N) is 1. The van der Waals surface area contributed by atoms with Crippen molar-refractivity contribution in [3.63, 3.8) is 0 Å². The summed E-state index contributed by atoms with van der Waals surface area (Å²) in [5.41, 5.74) is 6.82. The molecule has 3 atom stereocenters. The largest absolute Gasteiger partial charge is 0.389 e. The Morgan fingerprint density at radius 1 is 1.30 bits per heavy atom. The van der Waals surface area contributed by atoms with Gasteiger partial charge in [-0.2, -0.15) is 9.97 Å². The minimum absolute atomic E-state index is 0.0203. The Labute approximate surface area is 144 Å². The summed E-state index contributed by atoms with van der Waals surface area (Å²) in [7, 11) is 0. The van der Waals surface area contributed by atoms with E-state index in [1.807, 2.05) is 17.5 Å². The molecule has 0 radical (unpaired) electrons. The maximum Gasteiger partial charge on any atom is 0.226 e. The number of imidazole rings is 1. The molecule has 1 fully saturated rings. The highest BCUT2D eigenvalue weighted by Gasteiger charge is 2.38. The third-order valence-corrected chi connectivity index (χ3v) is 6.06. The van der Waals surface area contributed by atoms with Crippen LogP contribution in [0.2, 0.25) is 5.28 Å². The normalized spacial score (nSPS) is 24.6. The molecule has 3 aromatic heterocycles. The van der Waals surface area contributed by atoms with E-state index >= 15 is 0 Å². The fraction of sp³-hybridized carbons (Fsp3) is 0.308. The summed E-state index contributed by atoms with van der Waals surface area (Å²) < 4.78 is 1.79. The molecule has 0 saturated carbocycles. The van der Waals surface area contributed by atoms with Gasteiger partial charge in [0.25, 0.3) is 0 Å². The molecule has 1 saturated heterocycles. The van der Waals surface area contributed by atoms with Gasteiger partial charge < -0.3 is 15.9 Å². The van der Waals surface area contributed by atoms with Crippen LogP contribution < -0.4 is 5.73 Å². The second-order valence-electron chi connectivity index (χ2n) is 5.11. The lowest BCUT2D eigenvalue weighted by molar-refractivity contribution is 0.0316. The number of thioether (sulfide) groups is 1. The lowest BCUT2D eigenvalue weighted by Crippen LogP contribution is -2.28. The highest BCUT2D eigenvalue weighted by Crippen LogP contribution is 2.42. The molecule has 23 heavy (non-hydrogen) atoms. The van der Waals surface area contributed by atoms with Gasteiger partial charge in [-0.05, 0) is 23.0 Å². The van der Waals surface area contributed by atoms with Crippen molar-refractivity contribution >= 4 is 51.7 Å². The zero-order valence-corrected chi connectivity index (χ0v) is 14.0. The number of aromatic nitrogens is 4. The van der Waals surface area contributed by atoms with E-state index in [0.29, 0.717) is 22.7 Å². The van der Waals surface area contributed by atoms with E-state index in [1.165, 1.54) is 23.1 Å². The van der Waals surface area contributed by atoms with Crippen LogP contribution in [0.1, 0.15) is 5.37 Å². The number of nitrogen functional groups attached to an aromatic ring is 1. The fourth-order valence-electron chi connectivity index (χ4n) is 2.60. The molecule has 4 rings (SSSR count). The fourth-order valence-corrected chi connectivity index (χ4v) is 4.80. The van der Waals surface area contributed by atoms with Gasteiger partial charge in [0.1, 0.15) is 11.5 Å². The number of hydrogen-bond donors (Lipinski definition) is 3. The first-order valence-corrected chi connectivity index (χ1v) is 9.09. The summed E-state index contributed by atoms with van der Waals surface area (Å²) in [6.07, 6.45) is -1.72. The molecule has 0 aliphatic carbocycles. The number of aliphatic hydroxyl groups is 2. The maximum atomic E-state index is 10.3. The van der Waals surface area contributed by atoms with Crippen LogP contribution in [0, 0.1) is 0 Å². The molecule has 3 aromatic rings. The van der Waals surface area contributed by atoms with E-state index in [4.69, 9.17) is 17.3 Å². The van der Waals surface area contributed by atoms with Crippen molar-refractivity contribution in [2.75, 3.05) is 11.5 Å². The van der Waals surface area contributed by atoms with Gasteiger partial charge in [0, 0.05) is 5.75 Å². The predicted molar refractivity (Wildman–Crippen MR) is 91.6 cm³/mol. The Kier molecular flexibility index (Phi) is 3.69. The van der Waals surface area contributed by atoms with Crippen LogP contribution in [0.15, 0.2) is 17.5 Å². The first-order valence-electron chi connectivity index (χ1n) is 6.79. The van der Waals surface area contributed by atoms with E-state index in [9.17, 15) is 10.2 Å². The molecule has 0 unspecified atom stereocenters. The molecule has 120 valence electrons. The highest BCUT2D eigenvalue weighted by molar-refractivity contribution is 7.99. The number of rotatable bonds is 2. The first-order chi connectivity index (χ1) is 11.1. The quantitative estimate of drug-likeness (QED) is 0.590. The summed E-state index contributed by atoms with van der Waals surface area (Å²) in [5.74, 6) is 1.25. The van der Waals surface area contributed by atoms with Gasteiger partial charge in [-0.15, -0.1) is 23.1 Å². The predicted octanol–water partition coefficient (Wildman–Crippen LogP) is 1.76. The Bertz CT molecular complexity index is 869. The van der Waals surface area contributed by atoms with E-state index in [2.05, 4.69) is 15.0 Å². The molecular weight excluding hydrogens is 358 g/mol. The van der Waals surface area contributed by atoms with E-state index in [1.54, 1.807) is 4.57 Å². The lowest BCUT2D eigenvalue weighted by atomic mass is 10.2. The number of fused-ring (bicyclic) bond motifs is 1. The second-order valence-corrected chi connectivity index (χ2v) is 7.55. The van der Waals surface area contributed by atoms with Crippen molar-refractivity contribution in [3.05, 3.63) is 22.8 Å². The molecule has 0 bridgehead atoms. The monoisotopic (exact) mass is 369 g/mol. The molecule has 1 aliphatic heterocycles. The van der Waals surface area contributed by atoms with Crippen LogP contribution in [0.3, 0.4) is 0 Å². The molecule has 0 spiro atoms. The number of anilines is 1. The Morgan fingerprint density at radius 2 is 2.13 bits per heavy atom. The smallest absolute Gasteiger partial charge is 0.226 e. The van der Waals surface area contributed by atoms with Gasteiger partial charge in [-0.25, -0.2) is 4.98 Å². The standard InChI is InChI=1S/C13H12ClN5O2S2/c14-13-17-9(15)7-11(18-13)19(12-8(21)5(20)4-23-12)10(16-7)6-2-1-3-22-6/h1-3,5,8,12,20-21H,4H2,(H2,15,17,18)/t5-,8-,12-/m1/s1. The van der Waals surface area contributed by atoms with Crippen molar-refractivity contribution in [1.29, 1.82) is 0 Å². The molecular formula is C13H12ClN5O2S2. The van der Waals surface area contributed by atoms with E-state index in [-0.39, 0.29) is 11.1 Å². The van der Waals surface area contributed by atoms with Crippen LogP contribution in [-0.2, 0) is 0 Å². The molecule has 0 aromatic carbocycles. The number of hydrogen-bond acceptors (Lipinski definition) is 8. The Balaban J connectivity index is 2.01. The van der Waals surface area contributed by atoms with Gasteiger partial charge in [0.15, 0.2) is 22.8 Å². The number of nitrogens with zero attached hydrogens (tertiary/aromatic N) is 4. The minimum Gasteiger partial charge on any atom is -0.389 e. The average molecular weight is 370 g/mol. The number of aliphatic hydroxyl groups excluding tert-OH is 2. The van der Waals surface area contributed by atoms with E-state index in [0.717, 1.165) is 4.88 Å². The van der Waals surface area contributed by atoms with Crippen LogP contribution in [0.4, 0.5) is 5.82 Å². The SMILES string of the molecule is Nc1nc(Cl)nc2c1nc(-c1cccs1)n2[C@@H]1SC[C@@H](O)[C@H]1O. The molecule has 0 amide bonds. The Morgan fingerprint density at radius 3 is 2.78 bits per heavy atom. The van der Waals surface area contributed by atoms with Gasteiger partial charge >= 0.3 is 0 Å². The summed E-state index contributed by atoms with van der Waals surface area (Å²) in [5, 5.41) is 21.7. The molecule has 4 N–H and O–H groups in total. The maximum absolute atomic E-state index is 10.3. The van der Waals surface area contributed by atoms with Crippen molar-refractivity contribution in [3.8, 4) is 10.7 Å². The third-order valence-electron chi connectivity index (χ3n) is 3.66. The molecule has 7 nitrogen and oxygen atoms in total. The van der Waals surface area contributed by atoms with Crippen LogP contribution in [-0.4, -0.2) is 47.7 Å². The number of thiophene rings is 1. The molecule has 1 aliphatic rings. The van der Waals surface area contributed by atoms with Gasteiger partial charge in [0.2, 0.25) is 5.28 Å². The first kappa shape index (κ1) is 15.2. The van der Waals surface area contributed by atoms with Gasteiger partial charge in [0.05, 0.1) is 11.0 Å². The molecule has 4 heterocycles. The zero-order valence-electron chi connectivity index (χ0n) is 11.6. The Hall–Kier alpha value is -1.39. The molecule has 10 heteroatoms. The zero-order chi connectivity index (χ0) is 16.1. The average Bonchev–Trinajstić information content (AvgIpc) is 3.20.